The lowest BCUT2D eigenvalue weighted by Gasteiger charge is -2.25. The molecule has 0 bridgehead atoms. The van der Waals surface area contributed by atoms with Crippen LogP contribution in [0.4, 0.5) is 32.0 Å². The molecule has 2 N–H and O–H groups in total. The molecule has 0 spiro atoms. The zero-order chi connectivity index (χ0) is 30.6. The van der Waals surface area contributed by atoms with Gasteiger partial charge in [0.15, 0.2) is 0 Å². The molecule has 5 rings (SSSR count). The van der Waals surface area contributed by atoms with Gasteiger partial charge < -0.3 is 15.1 Å². The number of carbonyl (C=O) groups excluding carboxylic acids is 1. The number of hydrogen-bond acceptors (Lipinski definition) is 7. The Labute approximate surface area is 234 Å². The molecule has 1 amide bonds. The van der Waals surface area contributed by atoms with Gasteiger partial charge in [0.2, 0.25) is 11.8 Å². The number of alkyl halides is 5. The average molecular weight is 590 g/mol. The van der Waals surface area contributed by atoms with E-state index in [1.807, 2.05) is 6.07 Å². The summed E-state index contributed by atoms with van der Waals surface area (Å²) >= 11 is 0. The number of rotatable bonds is 5. The van der Waals surface area contributed by atoms with Crippen LogP contribution in [0.5, 0.6) is 0 Å². The van der Waals surface area contributed by atoms with Gasteiger partial charge >= 0.3 is 6.30 Å². The second kappa shape index (κ2) is 9.98. The fourth-order valence-corrected chi connectivity index (χ4v) is 4.43. The van der Waals surface area contributed by atoms with Crippen LogP contribution < -0.4 is 10.6 Å². The van der Waals surface area contributed by atoms with E-state index in [0.717, 1.165) is 23.4 Å². The largest absolute Gasteiger partial charge is 0.504 e. The van der Waals surface area contributed by atoms with Crippen molar-refractivity contribution >= 4 is 11.6 Å². The number of hydrogen-bond donors (Lipinski definition) is 1. The lowest BCUT2D eigenvalue weighted by atomic mass is 9.96. The third-order valence-electron chi connectivity index (χ3n) is 6.77. The van der Waals surface area contributed by atoms with E-state index >= 15 is 13.2 Å². The van der Waals surface area contributed by atoms with E-state index < -0.39 is 47.4 Å². The van der Waals surface area contributed by atoms with Gasteiger partial charge in [-0.3, -0.25) is 4.79 Å². The highest BCUT2D eigenvalue weighted by atomic mass is 19.4. The van der Waals surface area contributed by atoms with E-state index in [1.165, 1.54) is 38.1 Å². The molecule has 0 saturated heterocycles. The summed E-state index contributed by atoms with van der Waals surface area (Å²) in [4.78, 5) is 14.2. The van der Waals surface area contributed by atoms with Crippen LogP contribution in [0, 0.1) is 17.1 Å². The minimum Gasteiger partial charge on any atom is -0.419 e. The average Bonchev–Trinajstić information content (AvgIpc) is 3.61. The normalized spacial score (nSPS) is 17.1. The molecule has 218 valence electrons. The van der Waals surface area contributed by atoms with E-state index in [1.54, 1.807) is 0 Å². The topological polar surface area (TPSA) is 127 Å². The standard InChI is InChI=1S/C27H21F6N7O2/c1-25(2,13-34)24-38-37-22(42-24)17-7-21-18(8-19(17)28)26(29,30)9-20(35)23(41)39(21)11-14-3-5-15(6-4-14)16-10-36-40(12-16)27(31,32)33/h3-8,10,12,20H,9,11,35H2,1-2H3. The minimum absolute atomic E-state index is 0.129. The van der Waals surface area contributed by atoms with Crippen molar-refractivity contribution in [2.24, 2.45) is 5.73 Å². The molecule has 1 aliphatic rings. The number of benzene rings is 2. The third-order valence-corrected chi connectivity index (χ3v) is 6.77. The summed E-state index contributed by atoms with van der Waals surface area (Å²) in [5.41, 5.74) is 4.10. The Morgan fingerprint density at radius 2 is 1.83 bits per heavy atom. The molecule has 4 aromatic rings. The molecule has 2 aromatic carbocycles. The van der Waals surface area contributed by atoms with Crippen molar-refractivity contribution in [2.75, 3.05) is 4.90 Å². The fourth-order valence-electron chi connectivity index (χ4n) is 4.43. The first-order valence-corrected chi connectivity index (χ1v) is 12.4. The Hall–Kier alpha value is -4.71. The van der Waals surface area contributed by atoms with Gasteiger partial charge in [-0.2, -0.15) is 15.0 Å². The van der Waals surface area contributed by atoms with Crippen LogP contribution >= 0.6 is 0 Å². The molecule has 0 radical (unpaired) electrons. The second-order valence-electron chi connectivity index (χ2n) is 10.3. The molecule has 0 fully saturated rings. The van der Waals surface area contributed by atoms with Crippen LogP contribution in [0.2, 0.25) is 0 Å². The van der Waals surface area contributed by atoms with E-state index in [-0.39, 0.29) is 39.8 Å². The zero-order valence-electron chi connectivity index (χ0n) is 22.0. The number of anilines is 1. The van der Waals surface area contributed by atoms with Crippen LogP contribution in [0.1, 0.15) is 37.3 Å². The molecule has 1 atom stereocenters. The van der Waals surface area contributed by atoms with Crippen LogP contribution in [-0.4, -0.2) is 31.9 Å². The Kier molecular flexibility index (Phi) is 6.85. The fraction of sp³-hybridized carbons (Fsp3) is 0.296. The van der Waals surface area contributed by atoms with Gasteiger partial charge in [-0.1, -0.05) is 24.3 Å². The molecule has 42 heavy (non-hydrogen) atoms. The van der Waals surface area contributed by atoms with Crippen LogP contribution in [0.25, 0.3) is 22.6 Å². The van der Waals surface area contributed by atoms with Crippen molar-refractivity contribution in [3.8, 4) is 28.7 Å². The Morgan fingerprint density at radius 3 is 2.45 bits per heavy atom. The van der Waals surface area contributed by atoms with Crippen molar-refractivity contribution in [3.05, 3.63) is 71.6 Å². The Bertz CT molecular complexity index is 1700. The molecule has 0 aliphatic carbocycles. The van der Waals surface area contributed by atoms with Gasteiger partial charge in [0.05, 0.1) is 36.1 Å². The molecule has 15 heteroatoms. The van der Waals surface area contributed by atoms with Crippen molar-refractivity contribution in [3.63, 3.8) is 0 Å². The zero-order valence-corrected chi connectivity index (χ0v) is 22.0. The quantitative estimate of drug-likeness (QED) is 0.310. The molecular formula is C27H21F6N7O2. The van der Waals surface area contributed by atoms with Gasteiger partial charge in [0.1, 0.15) is 11.2 Å². The molecule has 1 unspecified atom stereocenters. The first-order valence-electron chi connectivity index (χ1n) is 12.4. The number of nitriles is 1. The third kappa shape index (κ3) is 5.20. The van der Waals surface area contributed by atoms with Crippen LogP contribution in [0.15, 0.2) is 53.2 Å². The van der Waals surface area contributed by atoms with E-state index in [9.17, 15) is 23.2 Å². The number of nitrogens with zero attached hydrogens (tertiary/aromatic N) is 6. The first-order chi connectivity index (χ1) is 19.6. The van der Waals surface area contributed by atoms with E-state index in [2.05, 4.69) is 15.3 Å². The number of aromatic nitrogens is 4. The SMILES string of the molecule is CC(C)(C#N)c1nnc(-c2cc3c(cc2F)C(F)(F)CC(N)C(=O)N3Cc2ccc(-c3cnn(C(F)(F)F)c3)cc2)o1. The summed E-state index contributed by atoms with van der Waals surface area (Å²) in [5.74, 6) is -6.18. The molecule has 0 saturated carbocycles. The monoisotopic (exact) mass is 589 g/mol. The highest BCUT2D eigenvalue weighted by molar-refractivity contribution is 5.99. The number of fused-ring (bicyclic) bond motifs is 1. The van der Waals surface area contributed by atoms with Crippen molar-refractivity contribution in [2.45, 2.75) is 50.5 Å². The maximum absolute atomic E-state index is 15.2. The van der Waals surface area contributed by atoms with Gasteiger partial charge in [-0.05, 0) is 37.1 Å². The summed E-state index contributed by atoms with van der Waals surface area (Å²) < 4.78 is 89.7. The van der Waals surface area contributed by atoms with Crippen molar-refractivity contribution in [1.82, 2.24) is 20.0 Å². The van der Waals surface area contributed by atoms with E-state index in [4.69, 9.17) is 10.2 Å². The lowest BCUT2D eigenvalue weighted by molar-refractivity contribution is -0.212. The Morgan fingerprint density at radius 1 is 1.14 bits per heavy atom. The second-order valence-corrected chi connectivity index (χ2v) is 10.3. The lowest BCUT2D eigenvalue weighted by Crippen LogP contribution is -2.43. The first kappa shape index (κ1) is 28.8. The molecule has 9 nitrogen and oxygen atoms in total. The molecule has 1 aliphatic heterocycles. The number of amides is 1. The summed E-state index contributed by atoms with van der Waals surface area (Å²) in [5, 5.41) is 20.2. The van der Waals surface area contributed by atoms with Gasteiger partial charge in [0, 0.05) is 23.7 Å². The van der Waals surface area contributed by atoms with Gasteiger partial charge in [-0.25, -0.2) is 13.2 Å². The van der Waals surface area contributed by atoms with Gasteiger partial charge in [-0.15, -0.1) is 23.4 Å². The maximum atomic E-state index is 15.2. The number of nitrogens with two attached hydrogens (primary N) is 1. The number of carbonyl (C=O) groups is 1. The van der Waals surface area contributed by atoms with Crippen molar-refractivity contribution < 1.29 is 35.6 Å². The van der Waals surface area contributed by atoms with Crippen LogP contribution in [-0.2, 0) is 29.0 Å². The molecule has 2 aromatic heterocycles. The maximum Gasteiger partial charge on any atom is 0.504 e. The molecular weight excluding hydrogens is 568 g/mol. The van der Waals surface area contributed by atoms with Crippen molar-refractivity contribution in [1.29, 1.82) is 5.26 Å². The summed E-state index contributed by atoms with van der Waals surface area (Å²) in [6.07, 6.45) is -3.92. The Balaban J connectivity index is 1.54. The summed E-state index contributed by atoms with van der Waals surface area (Å²) in [7, 11) is 0. The minimum atomic E-state index is -4.69. The van der Waals surface area contributed by atoms with Crippen LogP contribution in [0.3, 0.4) is 0 Å². The van der Waals surface area contributed by atoms with Gasteiger partial charge in [0.25, 0.3) is 11.8 Å². The smallest absolute Gasteiger partial charge is 0.419 e. The predicted octanol–water partition coefficient (Wildman–Crippen LogP) is 5.37. The number of halogens is 6. The summed E-state index contributed by atoms with van der Waals surface area (Å²) in [6, 6.07) is 7.88. The van der Waals surface area contributed by atoms with E-state index in [0.29, 0.717) is 17.2 Å². The highest BCUT2D eigenvalue weighted by Crippen LogP contribution is 2.45. The highest BCUT2D eigenvalue weighted by Gasteiger charge is 2.45. The predicted molar refractivity (Wildman–Crippen MR) is 135 cm³/mol. The molecule has 3 heterocycles. The summed E-state index contributed by atoms with van der Waals surface area (Å²) in [6.45, 7) is 2.71.